The predicted octanol–water partition coefficient (Wildman–Crippen LogP) is 4.05. The maximum absolute atomic E-state index is 16.5. The number of amides is 1. The minimum Gasteiger partial charge on any atom is -0.247 e. The van der Waals surface area contributed by atoms with E-state index >= 15 is 4.48 Å². The minimum absolute atomic E-state index is 0.107. The van der Waals surface area contributed by atoms with E-state index in [4.69, 9.17) is 23.2 Å². The van der Waals surface area contributed by atoms with Gasteiger partial charge in [0.15, 0.2) is 6.54 Å². The van der Waals surface area contributed by atoms with Gasteiger partial charge >= 0.3 is 5.91 Å². The van der Waals surface area contributed by atoms with Crippen molar-refractivity contribution in [3.63, 3.8) is 0 Å². The number of aromatic nitrogens is 3. The number of nitrogens with zero attached hydrogens (tertiary/aromatic N) is 6. The van der Waals surface area contributed by atoms with Crippen LogP contribution in [0.15, 0.2) is 66.2 Å². The maximum Gasteiger partial charge on any atom is 0.403 e. The lowest BCUT2D eigenvalue weighted by Gasteiger charge is -2.35. The first-order chi connectivity index (χ1) is 14.0. The standard InChI is InChI=1S/C19H17Cl2FN6O/c20-16-6-7-18(17(21)10-16)28(19(29)15-4-2-1-3-5-15)14-24-13-27(28,22)9-8-26-12-23-11-25-26/h1-7,10-13H,8-9,14H2/q+2. The summed E-state index contributed by atoms with van der Waals surface area (Å²) in [5.41, 5.74) is 0.633. The topological polar surface area (TPSA) is 60.1 Å². The lowest BCUT2D eigenvalue weighted by Crippen LogP contribution is -2.70. The van der Waals surface area contributed by atoms with Crippen LogP contribution in [0.1, 0.15) is 10.4 Å². The fourth-order valence-corrected chi connectivity index (χ4v) is 4.00. The van der Waals surface area contributed by atoms with Crippen molar-refractivity contribution in [2.24, 2.45) is 4.99 Å². The summed E-state index contributed by atoms with van der Waals surface area (Å²) in [7, 11) is 0. The second-order valence-corrected chi connectivity index (χ2v) is 7.43. The number of halogens is 3. The Morgan fingerprint density at radius 3 is 2.66 bits per heavy atom. The zero-order chi connectivity index (χ0) is 20.5. The van der Waals surface area contributed by atoms with Crippen molar-refractivity contribution in [3.8, 4) is 0 Å². The Morgan fingerprint density at radius 1 is 1.17 bits per heavy atom. The lowest BCUT2D eigenvalue weighted by molar-refractivity contribution is -1.05. The molecule has 0 saturated carbocycles. The van der Waals surface area contributed by atoms with Gasteiger partial charge in [0.1, 0.15) is 24.2 Å². The van der Waals surface area contributed by atoms with Gasteiger partial charge in [0, 0.05) is 11.1 Å². The van der Waals surface area contributed by atoms with Crippen molar-refractivity contribution in [2.75, 3.05) is 13.2 Å². The minimum atomic E-state index is -1.30. The fourth-order valence-electron chi connectivity index (χ4n) is 3.45. The number of quaternary nitrogens is 2. The molecule has 1 aliphatic heterocycles. The smallest absolute Gasteiger partial charge is 0.247 e. The van der Waals surface area contributed by atoms with Gasteiger partial charge in [-0.2, -0.15) is 10.1 Å². The van der Waals surface area contributed by atoms with Crippen LogP contribution in [0.3, 0.4) is 0 Å². The largest absolute Gasteiger partial charge is 0.403 e. The molecule has 1 aromatic heterocycles. The molecule has 10 heteroatoms. The van der Waals surface area contributed by atoms with Crippen molar-refractivity contribution in [2.45, 2.75) is 6.54 Å². The summed E-state index contributed by atoms with van der Waals surface area (Å²) in [5, 5.41) is 4.59. The molecule has 0 spiro atoms. The highest BCUT2D eigenvalue weighted by Crippen LogP contribution is 2.42. The molecule has 2 heterocycles. The molecule has 2 unspecified atom stereocenters. The highest BCUT2D eigenvalue weighted by atomic mass is 35.5. The van der Waals surface area contributed by atoms with E-state index in [9.17, 15) is 4.79 Å². The molecule has 1 amide bonds. The van der Waals surface area contributed by atoms with Gasteiger partial charge < -0.3 is 0 Å². The molecule has 2 atom stereocenters. The van der Waals surface area contributed by atoms with Crippen LogP contribution < -0.4 is 4.59 Å². The summed E-state index contributed by atoms with van der Waals surface area (Å²) >= 11 is 12.5. The summed E-state index contributed by atoms with van der Waals surface area (Å²) in [5.74, 6) is -0.464. The molecule has 3 aromatic rings. The molecular weight excluding hydrogens is 418 g/mol. The van der Waals surface area contributed by atoms with E-state index in [-0.39, 0.29) is 30.5 Å². The molecule has 0 aliphatic carbocycles. The first kappa shape index (κ1) is 19.7. The predicted molar refractivity (Wildman–Crippen MR) is 109 cm³/mol. The Morgan fingerprint density at radius 2 is 1.97 bits per heavy atom. The normalized spacial score (nSPS) is 23.4. The number of hydrogen-bond donors (Lipinski definition) is 0. The number of aliphatic imine (C=N–C) groups is 1. The van der Waals surface area contributed by atoms with Crippen LogP contribution >= 0.6 is 23.2 Å². The first-order valence-electron chi connectivity index (χ1n) is 8.81. The zero-order valence-electron chi connectivity index (χ0n) is 15.2. The molecule has 148 valence electrons. The molecule has 0 N–H and O–H groups in total. The van der Waals surface area contributed by atoms with Crippen LogP contribution in [-0.2, 0) is 6.54 Å². The van der Waals surface area contributed by atoms with Crippen LogP contribution in [0, 0.1) is 0 Å². The second-order valence-electron chi connectivity index (χ2n) is 6.59. The summed E-state index contributed by atoms with van der Waals surface area (Å²) < 4.78 is 17.2. The summed E-state index contributed by atoms with van der Waals surface area (Å²) in [6, 6.07) is 13.2. The molecule has 0 fully saturated rings. The van der Waals surface area contributed by atoms with Gasteiger partial charge in [0.05, 0.1) is 14.9 Å². The van der Waals surface area contributed by atoms with Crippen molar-refractivity contribution >= 4 is 41.1 Å². The monoisotopic (exact) mass is 434 g/mol. The third-order valence-corrected chi connectivity index (χ3v) is 5.42. The molecule has 2 aromatic carbocycles. The number of hydrogen-bond acceptors (Lipinski definition) is 4. The van der Waals surface area contributed by atoms with E-state index in [0.717, 1.165) is 6.34 Å². The van der Waals surface area contributed by atoms with Crippen LogP contribution in [0.25, 0.3) is 0 Å². The van der Waals surface area contributed by atoms with Gasteiger partial charge in [-0.15, -0.1) is 0 Å². The Labute approximate surface area is 176 Å². The second kappa shape index (κ2) is 7.64. The first-order valence-corrected chi connectivity index (χ1v) is 9.57. The third-order valence-electron chi connectivity index (χ3n) is 4.89. The van der Waals surface area contributed by atoms with Crippen molar-refractivity contribution in [3.05, 3.63) is 76.8 Å². The fraction of sp³-hybridized carbons (Fsp3) is 0.158. The molecule has 0 saturated heterocycles. The van der Waals surface area contributed by atoms with E-state index in [0.29, 0.717) is 10.6 Å². The Bertz CT molecular complexity index is 1060. The highest BCUT2D eigenvalue weighted by molar-refractivity contribution is 6.36. The Balaban J connectivity index is 1.84. The Kier molecular flexibility index (Phi) is 5.18. The van der Waals surface area contributed by atoms with E-state index in [1.807, 2.05) is 0 Å². The quantitative estimate of drug-likeness (QED) is 0.449. The van der Waals surface area contributed by atoms with Crippen molar-refractivity contribution in [1.29, 1.82) is 0 Å². The molecule has 29 heavy (non-hydrogen) atoms. The zero-order valence-corrected chi connectivity index (χ0v) is 16.7. The Hall–Kier alpha value is -2.65. The van der Waals surface area contributed by atoms with Gasteiger partial charge in [-0.1, -0.05) is 41.4 Å². The number of carbonyl (C=O) groups is 1. The molecule has 4 rings (SSSR count). The lowest BCUT2D eigenvalue weighted by atomic mass is 10.1. The average Bonchev–Trinajstić information content (AvgIpc) is 3.35. The van der Waals surface area contributed by atoms with Gasteiger partial charge in [0.25, 0.3) is 6.34 Å². The summed E-state index contributed by atoms with van der Waals surface area (Å²) in [6.07, 6.45) is 4.00. The van der Waals surface area contributed by atoms with E-state index < -0.39 is 15.3 Å². The SMILES string of the molecule is O=C(c1ccccc1)[N+]1(c2ccc(Cl)cc2Cl)CN=C[N+]1(F)CCn1cncn1. The molecular formula is C19H17Cl2FN6O+2. The summed E-state index contributed by atoms with van der Waals surface area (Å²) in [4.78, 5) is 20.4. The number of rotatable bonds is 5. The number of benzene rings is 2. The highest BCUT2D eigenvalue weighted by Gasteiger charge is 2.64. The molecule has 0 radical (unpaired) electrons. The van der Waals surface area contributed by atoms with Crippen LogP contribution in [-0.4, -0.2) is 45.0 Å². The van der Waals surface area contributed by atoms with Crippen LogP contribution in [0.5, 0.6) is 0 Å². The van der Waals surface area contributed by atoms with Gasteiger partial charge in [-0.25, -0.2) is 14.5 Å². The maximum atomic E-state index is 16.5. The number of carbonyl (C=O) groups excluding carboxylic acids is 1. The van der Waals surface area contributed by atoms with E-state index in [2.05, 4.69) is 15.1 Å². The van der Waals surface area contributed by atoms with Crippen LogP contribution in [0.4, 0.5) is 10.2 Å². The summed E-state index contributed by atoms with van der Waals surface area (Å²) in [6.45, 7) is -0.0525. The molecule has 1 aliphatic rings. The van der Waals surface area contributed by atoms with E-state index in [1.165, 1.54) is 23.4 Å². The molecule has 7 nitrogen and oxygen atoms in total. The van der Waals surface area contributed by atoms with Crippen molar-refractivity contribution < 1.29 is 14.1 Å². The molecule has 0 bridgehead atoms. The average molecular weight is 435 g/mol. The van der Waals surface area contributed by atoms with Crippen LogP contribution in [0.2, 0.25) is 10.0 Å². The van der Waals surface area contributed by atoms with E-state index in [1.54, 1.807) is 42.5 Å². The van der Waals surface area contributed by atoms with Crippen molar-refractivity contribution in [1.82, 2.24) is 19.4 Å². The van der Waals surface area contributed by atoms with Gasteiger partial charge in [-0.05, 0) is 28.9 Å². The van der Waals surface area contributed by atoms with Gasteiger partial charge in [-0.3, -0.25) is 0 Å². The van der Waals surface area contributed by atoms with Gasteiger partial charge in [0.2, 0.25) is 12.4 Å². The third kappa shape index (κ3) is 3.34.